The van der Waals surface area contributed by atoms with E-state index in [4.69, 9.17) is 4.52 Å². The Bertz CT molecular complexity index is 1080. The molecule has 1 fully saturated rings. The van der Waals surface area contributed by atoms with E-state index in [1.807, 2.05) is 30.9 Å². The van der Waals surface area contributed by atoms with Crippen LogP contribution in [0.3, 0.4) is 0 Å². The molecule has 2 atom stereocenters. The van der Waals surface area contributed by atoms with Crippen molar-refractivity contribution in [3.05, 3.63) is 58.7 Å². The van der Waals surface area contributed by atoms with E-state index in [2.05, 4.69) is 40.6 Å². The Balaban J connectivity index is 1.51. The van der Waals surface area contributed by atoms with Gasteiger partial charge in [0, 0.05) is 23.2 Å². The number of aromatic nitrogens is 4. The highest BCUT2D eigenvalue weighted by Gasteiger charge is 2.51. The standard InChI is InChI=1S/C22H25N5O2/c1-14-12-16(29-24-14)13-26-15(2)20(23-25-26)21(28)27-18-9-5-4-8-17(18)22(3)11-7-6-10-19(22)27/h4-5,8-9,12,19H,6-7,10-11,13H2,1-3H3/t19-,22-/m0/s1. The lowest BCUT2D eigenvalue weighted by atomic mass is 9.69. The van der Waals surface area contributed by atoms with Gasteiger partial charge in [0.1, 0.15) is 6.54 Å². The van der Waals surface area contributed by atoms with E-state index in [9.17, 15) is 4.79 Å². The molecule has 7 heteroatoms. The van der Waals surface area contributed by atoms with E-state index in [1.54, 1.807) is 4.68 Å². The summed E-state index contributed by atoms with van der Waals surface area (Å²) in [7, 11) is 0. The zero-order valence-corrected chi connectivity index (χ0v) is 17.1. The third kappa shape index (κ3) is 2.71. The van der Waals surface area contributed by atoms with Crippen molar-refractivity contribution < 1.29 is 9.32 Å². The van der Waals surface area contributed by atoms with Gasteiger partial charge in [-0.1, -0.05) is 48.3 Å². The summed E-state index contributed by atoms with van der Waals surface area (Å²) in [6, 6.07) is 10.4. The smallest absolute Gasteiger partial charge is 0.281 e. The van der Waals surface area contributed by atoms with E-state index < -0.39 is 0 Å². The highest BCUT2D eigenvalue weighted by atomic mass is 16.5. The number of aryl methyl sites for hydroxylation is 1. The van der Waals surface area contributed by atoms with Crippen LogP contribution < -0.4 is 4.90 Å². The van der Waals surface area contributed by atoms with Gasteiger partial charge in [-0.15, -0.1) is 5.10 Å². The molecule has 0 radical (unpaired) electrons. The van der Waals surface area contributed by atoms with Gasteiger partial charge in [0.25, 0.3) is 5.91 Å². The topological polar surface area (TPSA) is 77.0 Å². The molecule has 0 saturated heterocycles. The van der Waals surface area contributed by atoms with E-state index in [0.717, 1.165) is 36.3 Å². The molecule has 1 aromatic carbocycles. The molecule has 1 aliphatic heterocycles. The molecular formula is C22H25N5O2. The van der Waals surface area contributed by atoms with Crippen molar-refractivity contribution in [1.82, 2.24) is 20.2 Å². The Morgan fingerprint density at radius 1 is 1.28 bits per heavy atom. The molecule has 1 amide bonds. The van der Waals surface area contributed by atoms with Gasteiger partial charge in [0.05, 0.1) is 11.4 Å². The van der Waals surface area contributed by atoms with Crippen molar-refractivity contribution in [2.24, 2.45) is 0 Å². The highest BCUT2D eigenvalue weighted by molar-refractivity contribution is 6.07. The minimum absolute atomic E-state index is 0.00572. The predicted octanol–water partition coefficient (Wildman–Crippen LogP) is 3.79. The molecule has 2 aliphatic rings. The van der Waals surface area contributed by atoms with Crippen LogP contribution >= 0.6 is 0 Å². The molecule has 0 spiro atoms. The monoisotopic (exact) mass is 391 g/mol. The summed E-state index contributed by atoms with van der Waals surface area (Å²) in [5, 5.41) is 12.4. The Kier molecular flexibility index (Phi) is 4.08. The predicted molar refractivity (Wildman–Crippen MR) is 108 cm³/mol. The van der Waals surface area contributed by atoms with Crippen LogP contribution in [0.2, 0.25) is 0 Å². The molecule has 3 aromatic rings. The number of carbonyl (C=O) groups excluding carboxylic acids is 1. The van der Waals surface area contributed by atoms with Gasteiger partial charge >= 0.3 is 0 Å². The molecule has 2 aromatic heterocycles. The first kappa shape index (κ1) is 18.1. The highest BCUT2D eigenvalue weighted by Crippen LogP contribution is 2.52. The van der Waals surface area contributed by atoms with Crippen LogP contribution in [0.1, 0.15) is 65.8 Å². The second kappa shape index (κ2) is 6.54. The normalized spacial score (nSPS) is 23.1. The molecule has 29 heavy (non-hydrogen) atoms. The van der Waals surface area contributed by atoms with Crippen LogP contribution in [-0.2, 0) is 12.0 Å². The van der Waals surface area contributed by atoms with Gasteiger partial charge in [-0.2, -0.15) is 0 Å². The fourth-order valence-electron chi connectivity index (χ4n) is 5.09. The Morgan fingerprint density at radius 3 is 2.90 bits per heavy atom. The van der Waals surface area contributed by atoms with Crippen LogP contribution in [0.25, 0.3) is 0 Å². The number of hydrogen-bond donors (Lipinski definition) is 0. The Hall–Kier alpha value is -2.96. The number of anilines is 1. The summed E-state index contributed by atoms with van der Waals surface area (Å²) in [5.74, 6) is 0.631. The average molecular weight is 391 g/mol. The van der Waals surface area contributed by atoms with Crippen LogP contribution in [-0.4, -0.2) is 32.1 Å². The minimum atomic E-state index is -0.0643. The zero-order chi connectivity index (χ0) is 20.2. The molecule has 0 N–H and O–H groups in total. The summed E-state index contributed by atoms with van der Waals surface area (Å²) >= 11 is 0. The molecule has 0 bridgehead atoms. The third-order valence-corrected chi connectivity index (χ3v) is 6.64. The fourth-order valence-corrected chi connectivity index (χ4v) is 5.09. The van der Waals surface area contributed by atoms with E-state index in [-0.39, 0.29) is 17.4 Å². The summed E-state index contributed by atoms with van der Waals surface area (Å²) < 4.78 is 6.99. The summed E-state index contributed by atoms with van der Waals surface area (Å²) in [6.45, 7) is 6.48. The molecule has 0 unspecified atom stereocenters. The first-order valence-corrected chi connectivity index (χ1v) is 10.2. The molecule has 7 nitrogen and oxygen atoms in total. The number of fused-ring (bicyclic) bond motifs is 3. The maximum Gasteiger partial charge on any atom is 0.281 e. The number of rotatable bonds is 3. The zero-order valence-electron chi connectivity index (χ0n) is 17.1. The molecule has 1 saturated carbocycles. The van der Waals surface area contributed by atoms with Gasteiger partial charge in [0.2, 0.25) is 0 Å². The SMILES string of the molecule is Cc1cc(Cn2nnc(C(=O)N3c4ccccc4[C@]4(C)CCCC[C@H]34)c2C)on1. The Morgan fingerprint density at radius 2 is 2.10 bits per heavy atom. The second-order valence-corrected chi connectivity index (χ2v) is 8.49. The van der Waals surface area contributed by atoms with Crippen molar-refractivity contribution in [1.29, 1.82) is 0 Å². The van der Waals surface area contributed by atoms with Crippen LogP contribution in [0, 0.1) is 13.8 Å². The second-order valence-electron chi connectivity index (χ2n) is 8.49. The van der Waals surface area contributed by atoms with Crippen molar-refractivity contribution in [3.8, 4) is 0 Å². The fraction of sp³-hybridized carbons (Fsp3) is 0.455. The number of benzene rings is 1. The molecule has 3 heterocycles. The largest absolute Gasteiger partial charge is 0.359 e. The molecule has 1 aliphatic carbocycles. The lowest BCUT2D eigenvalue weighted by molar-refractivity contribution is 0.0956. The quantitative estimate of drug-likeness (QED) is 0.679. The maximum atomic E-state index is 13.7. The first-order valence-electron chi connectivity index (χ1n) is 10.2. The number of hydrogen-bond acceptors (Lipinski definition) is 5. The Labute approximate surface area is 169 Å². The van der Waals surface area contributed by atoms with E-state index in [1.165, 1.54) is 12.0 Å². The first-order chi connectivity index (χ1) is 14.0. The number of para-hydroxylation sites is 1. The van der Waals surface area contributed by atoms with Gasteiger partial charge in [-0.05, 0) is 38.3 Å². The van der Waals surface area contributed by atoms with Gasteiger partial charge in [-0.25, -0.2) is 4.68 Å². The lowest BCUT2D eigenvalue weighted by Gasteiger charge is -2.39. The summed E-state index contributed by atoms with van der Waals surface area (Å²) in [5.41, 5.74) is 4.27. The van der Waals surface area contributed by atoms with Crippen molar-refractivity contribution >= 4 is 11.6 Å². The van der Waals surface area contributed by atoms with Crippen molar-refractivity contribution in [2.75, 3.05) is 4.90 Å². The van der Waals surface area contributed by atoms with Crippen LogP contribution in [0.15, 0.2) is 34.9 Å². The molecular weight excluding hydrogens is 366 g/mol. The third-order valence-electron chi connectivity index (χ3n) is 6.64. The van der Waals surface area contributed by atoms with Crippen molar-refractivity contribution in [3.63, 3.8) is 0 Å². The lowest BCUT2D eigenvalue weighted by Crippen LogP contribution is -2.48. The average Bonchev–Trinajstić information content (AvgIpc) is 3.37. The van der Waals surface area contributed by atoms with E-state index >= 15 is 0 Å². The van der Waals surface area contributed by atoms with Gasteiger partial charge in [-0.3, -0.25) is 4.79 Å². The number of amides is 1. The number of nitrogens with zero attached hydrogens (tertiary/aromatic N) is 5. The molecule has 150 valence electrons. The van der Waals surface area contributed by atoms with Crippen molar-refractivity contribution in [2.45, 2.75) is 64.5 Å². The van der Waals surface area contributed by atoms with Crippen LogP contribution in [0.4, 0.5) is 5.69 Å². The van der Waals surface area contributed by atoms with Crippen LogP contribution in [0.5, 0.6) is 0 Å². The molecule has 5 rings (SSSR count). The minimum Gasteiger partial charge on any atom is -0.359 e. The van der Waals surface area contributed by atoms with E-state index in [0.29, 0.717) is 18.0 Å². The number of carbonyl (C=O) groups is 1. The summed E-state index contributed by atoms with van der Waals surface area (Å²) in [4.78, 5) is 15.7. The maximum absolute atomic E-state index is 13.7. The van der Waals surface area contributed by atoms with Gasteiger partial charge < -0.3 is 9.42 Å². The van der Waals surface area contributed by atoms with Gasteiger partial charge in [0.15, 0.2) is 11.5 Å². The summed E-state index contributed by atoms with van der Waals surface area (Å²) in [6.07, 6.45) is 4.47.